The fourth-order valence-corrected chi connectivity index (χ4v) is 1.67. The zero-order valence-corrected chi connectivity index (χ0v) is 9.15. The average Bonchev–Trinajstić information content (AvgIpc) is 2.26. The minimum atomic E-state index is -1.14. The molecule has 1 aromatic rings. The van der Waals surface area contributed by atoms with Crippen molar-refractivity contribution in [2.45, 2.75) is 26.7 Å². The summed E-state index contributed by atoms with van der Waals surface area (Å²) in [6.07, 6.45) is 2.06. The molecule has 86 valence electrons. The first kappa shape index (κ1) is 12.2. The quantitative estimate of drug-likeness (QED) is 0.809. The van der Waals surface area contributed by atoms with Crippen LogP contribution in [0.2, 0.25) is 0 Å². The fourth-order valence-electron chi connectivity index (χ4n) is 1.67. The van der Waals surface area contributed by atoms with Crippen molar-refractivity contribution in [3.63, 3.8) is 0 Å². The van der Waals surface area contributed by atoms with Gasteiger partial charge in [-0.2, -0.15) is 0 Å². The first-order valence-electron chi connectivity index (χ1n) is 5.00. The van der Waals surface area contributed by atoms with Crippen molar-refractivity contribution < 1.29 is 19.8 Å². The van der Waals surface area contributed by atoms with Gasteiger partial charge in [-0.25, -0.2) is 9.59 Å². The van der Waals surface area contributed by atoms with Crippen LogP contribution >= 0.6 is 0 Å². The highest BCUT2D eigenvalue weighted by molar-refractivity contribution is 5.97. The maximum absolute atomic E-state index is 11.1. The second-order valence-corrected chi connectivity index (χ2v) is 3.29. The number of carboxylic acids is 2. The Hall–Kier alpha value is -1.91. The monoisotopic (exact) mass is 223 g/mol. The zero-order valence-electron chi connectivity index (χ0n) is 9.15. The smallest absolute Gasteiger partial charge is 0.337 e. The summed E-state index contributed by atoms with van der Waals surface area (Å²) in [5.41, 5.74) is 0.767. The molecule has 1 heterocycles. The summed E-state index contributed by atoms with van der Waals surface area (Å²) in [6, 6.07) is 0. The van der Waals surface area contributed by atoms with Crippen LogP contribution in [0.1, 0.15) is 45.8 Å². The molecule has 0 aliphatic heterocycles. The van der Waals surface area contributed by atoms with Crippen LogP contribution in [0.4, 0.5) is 0 Å². The lowest BCUT2D eigenvalue weighted by molar-refractivity contribution is 0.0693. The van der Waals surface area contributed by atoms with Gasteiger partial charge in [0.05, 0.1) is 16.8 Å². The summed E-state index contributed by atoms with van der Waals surface area (Å²) in [5.74, 6) is -2.26. The molecule has 0 spiro atoms. The zero-order chi connectivity index (χ0) is 12.3. The summed E-state index contributed by atoms with van der Waals surface area (Å²) in [6.45, 7) is 3.52. The number of aromatic carboxylic acids is 2. The molecule has 16 heavy (non-hydrogen) atoms. The highest BCUT2D eigenvalue weighted by Crippen LogP contribution is 2.19. The lowest BCUT2D eigenvalue weighted by Crippen LogP contribution is -2.14. The van der Waals surface area contributed by atoms with Gasteiger partial charge in [0.2, 0.25) is 0 Å². The van der Waals surface area contributed by atoms with Crippen molar-refractivity contribution in [1.82, 2.24) is 4.98 Å². The van der Waals surface area contributed by atoms with Crippen LogP contribution in [-0.2, 0) is 12.8 Å². The summed E-state index contributed by atoms with van der Waals surface area (Å²) in [5, 5.41) is 18.0. The molecular formula is C11H13NO4. The number of rotatable bonds is 4. The van der Waals surface area contributed by atoms with Gasteiger partial charge in [0.25, 0.3) is 0 Å². The van der Waals surface area contributed by atoms with Crippen molar-refractivity contribution >= 4 is 11.9 Å². The maximum atomic E-state index is 11.1. The van der Waals surface area contributed by atoms with Crippen molar-refractivity contribution in [2.24, 2.45) is 0 Å². The minimum Gasteiger partial charge on any atom is -0.478 e. The van der Waals surface area contributed by atoms with Crippen LogP contribution in [0.5, 0.6) is 0 Å². The number of aromatic nitrogens is 1. The topological polar surface area (TPSA) is 87.5 Å². The molecule has 0 aliphatic carbocycles. The Kier molecular flexibility index (Phi) is 3.60. The molecule has 2 N–H and O–H groups in total. The number of hydrogen-bond donors (Lipinski definition) is 2. The van der Waals surface area contributed by atoms with Crippen LogP contribution in [0.3, 0.4) is 0 Å². The van der Waals surface area contributed by atoms with Crippen molar-refractivity contribution in [2.75, 3.05) is 0 Å². The minimum absolute atomic E-state index is 0.0305. The largest absolute Gasteiger partial charge is 0.478 e. The summed E-state index contributed by atoms with van der Waals surface area (Å²) < 4.78 is 0. The predicted molar refractivity (Wildman–Crippen MR) is 56.9 cm³/mol. The van der Waals surface area contributed by atoms with Gasteiger partial charge in [0.15, 0.2) is 0 Å². The molecule has 0 aliphatic rings. The molecule has 0 atom stereocenters. The van der Waals surface area contributed by atoms with Gasteiger partial charge in [0.1, 0.15) is 0 Å². The SMILES string of the molecule is CCc1ncc(C(=O)O)c(CC)c1C(=O)O. The van der Waals surface area contributed by atoms with E-state index >= 15 is 0 Å². The second kappa shape index (κ2) is 4.74. The van der Waals surface area contributed by atoms with Crippen molar-refractivity contribution in [3.05, 3.63) is 28.6 Å². The molecule has 0 aromatic carbocycles. The second-order valence-electron chi connectivity index (χ2n) is 3.29. The first-order chi connectivity index (χ1) is 7.52. The van der Waals surface area contributed by atoms with Crippen LogP contribution < -0.4 is 0 Å². The van der Waals surface area contributed by atoms with E-state index in [9.17, 15) is 9.59 Å². The summed E-state index contributed by atoms with van der Waals surface area (Å²) in [7, 11) is 0. The molecule has 0 unspecified atom stereocenters. The predicted octanol–water partition coefficient (Wildman–Crippen LogP) is 1.60. The van der Waals surface area contributed by atoms with E-state index in [2.05, 4.69) is 4.98 Å². The van der Waals surface area contributed by atoms with E-state index in [0.29, 0.717) is 24.1 Å². The van der Waals surface area contributed by atoms with Crippen LogP contribution in [-0.4, -0.2) is 27.1 Å². The van der Waals surface area contributed by atoms with Gasteiger partial charge in [-0.1, -0.05) is 13.8 Å². The molecule has 0 saturated carbocycles. The van der Waals surface area contributed by atoms with Gasteiger partial charge in [-0.3, -0.25) is 4.98 Å². The van der Waals surface area contributed by atoms with Gasteiger partial charge in [-0.05, 0) is 18.4 Å². The van der Waals surface area contributed by atoms with Gasteiger partial charge in [-0.15, -0.1) is 0 Å². The molecule has 1 rings (SSSR count). The van der Waals surface area contributed by atoms with E-state index in [4.69, 9.17) is 10.2 Å². The van der Waals surface area contributed by atoms with Crippen molar-refractivity contribution in [3.8, 4) is 0 Å². The Bertz CT molecular complexity index is 440. The lowest BCUT2D eigenvalue weighted by Gasteiger charge is -2.10. The van der Waals surface area contributed by atoms with E-state index in [1.165, 1.54) is 6.20 Å². The Morgan fingerprint density at radius 1 is 1.19 bits per heavy atom. The third-order valence-corrected chi connectivity index (χ3v) is 2.40. The van der Waals surface area contributed by atoms with E-state index in [-0.39, 0.29) is 11.1 Å². The number of aryl methyl sites for hydroxylation is 1. The summed E-state index contributed by atoms with van der Waals surface area (Å²) >= 11 is 0. The standard InChI is InChI=1S/C11H13NO4/c1-3-6-7(10(13)14)5-12-8(4-2)9(6)11(15)16/h5H,3-4H2,1-2H3,(H,13,14)(H,15,16). The fraction of sp³-hybridized carbons (Fsp3) is 0.364. The van der Waals surface area contributed by atoms with Crippen LogP contribution in [0.15, 0.2) is 6.20 Å². The molecule has 1 aromatic heterocycles. The van der Waals surface area contributed by atoms with E-state index < -0.39 is 11.9 Å². The molecule has 0 radical (unpaired) electrons. The Morgan fingerprint density at radius 3 is 2.19 bits per heavy atom. The maximum Gasteiger partial charge on any atom is 0.337 e. The number of hydrogen-bond acceptors (Lipinski definition) is 3. The molecule has 0 saturated heterocycles. The molecule has 0 bridgehead atoms. The number of pyridine rings is 1. The Balaban J connectivity index is 3.56. The Morgan fingerprint density at radius 2 is 1.81 bits per heavy atom. The highest BCUT2D eigenvalue weighted by atomic mass is 16.4. The number of carboxylic acid groups (broad SMARTS) is 2. The molecule has 0 amide bonds. The third-order valence-electron chi connectivity index (χ3n) is 2.40. The van der Waals surface area contributed by atoms with Gasteiger partial charge < -0.3 is 10.2 Å². The molecule has 5 heteroatoms. The van der Waals surface area contributed by atoms with Crippen molar-refractivity contribution in [1.29, 1.82) is 0 Å². The van der Waals surface area contributed by atoms with Crippen LogP contribution in [0.25, 0.3) is 0 Å². The lowest BCUT2D eigenvalue weighted by atomic mass is 9.98. The highest BCUT2D eigenvalue weighted by Gasteiger charge is 2.21. The number of nitrogens with zero attached hydrogens (tertiary/aromatic N) is 1. The average molecular weight is 223 g/mol. The Labute approximate surface area is 92.8 Å². The molecule has 5 nitrogen and oxygen atoms in total. The molecular weight excluding hydrogens is 210 g/mol. The van der Waals surface area contributed by atoms with Crippen LogP contribution in [0, 0.1) is 0 Å². The van der Waals surface area contributed by atoms with E-state index in [1.54, 1.807) is 13.8 Å². The first-order valence-corrected chi connectivity index (χ1v) is 5.00. The normalized spacial score (nSPS) is 10.1. The molecule has 0 fully saturated rings. The van der Waals surface area contributed by atoms with Gasteiger partial charge >= 0.3 is 11.9 Å². The van der Waals surface area contributed by atoms with E-state index in [1.807, 2.05) is 0 Å². The summed E-state index contributed by atoms with van der Waals surface area (Å²) in [4.78, 5) is 25.9. The third kappa shape index (κ3) is 2.03. The van der Waals surface area contributed by atoms with E-state index in [0.717, 1.165) is 0 Å². The van der Waals surface area contributed by atoms with Gasteiger partial charge in [0, 0.05) is 6.20 Å². The number of carbonyl (C=O) groups is 2.